The fourth-order valence-corrected chi connectivity index (χ4v) is 2.02. The van der Waals surface area contributed by atoms with E-state index in [1.54, 1.807) is 0 Å². The Bertz CT molecular complexity index is 590. The first kappa shape index (κ1) is 11.9. The molecule has 84 valence electrons. The molecule has 0 aliphatic heterocycles. The Morgan fingerprint density at radius 1 is 1.13 bits per heavy atom. The molecule has 0 spiro atoms. The fraction of sp³-hybridized carbons (Fsp3) is 0.333. The summed E-state index contributed by atoms with van der Waals surface area (Å²) >= 11 is 0. The molecule has 0 bridgehead atoms. The Kier molecular flexibility index (Phi) is 2.70. The van der Waals surface area contributed by atoms with Crippen molar-refractivity contribution in [2.24, 2.45) is 0 Å². The second kappa shape index (κ2) is 3.42. The average Bonchev–Trinajstić information content (AvgIpc) is 1.99. The molecule has 0 amide bonds. The smallest absolute Gasteiger partial charge is 0.334 e. The second-order valence-electron chi connectivity index (χ2n) is 2.93. The van der Waals surface area contributed by atoms with Gasteiger partial charge in [0.2, 0.25) is 14.9 Å². The van der Waals surface area contributed by atoms with Gasteiger partial charge in [-0.25, -0.2) is 16.8 Å². The predicted molar refractivity (Wildman–Crippen MR) is 49.4 cm³/mol. The zero-order valence-electron chi connectivity index (χ0n) is 7.91. The van der Waals surface area contributed by atoms with E-state index in [2.05, 4.69) is 5.10 Å². The minimum Gasteiger partial charge on any atom is -0.593 e. The van der Waals surface area contributed by atoms with E-state index in [4.69, 9.17) is 0 Å². The zero-order chi connectivity index (χ0) is 11.9. The highest BCUT2D eigenvalue weighted by Crippen LogP contribution is 2.06. The molecular formula is C6H8N2O5S2. The van der Waals surface area contributed by atoms with Crippen LogP contribution in [-0.4, -0.2) is 34.4 Å². The minimum atomic E-state index is -3.70. The minimum absolute atomic E-state index is 0.217. The topological polar surface area (TPSA) is 108 Å². The standard InChI is InChI=1S/C6H8N2O5S2/c1-14(10,11)5-3-4-6(8(9)7-5)15(2,12)13/h3-4H,1-2H3. The van der Waals surface area contributed by atoms with Crippen LogP contribution in [0.3, 0.4) is 0 Å². The van der Waals surface area contributed by atoms with Gasteiger partial charge in [0.25, 0.3) is 0 Å². The van der Waals surface area contributed by atoms with Gasteiger partial charge in [-0.2, -0.15) is 0 Å². The molecule has 0 aliphatic carbocycles. The summed E-state index contributed by atoms with van der Waals surface area (Å²) in [6, 6.07) is 1.88. The van der Waals surface area contributed by atoms with E-state index in [1.165, 1.54) is 0 Å². The van der Waals surface area contributed by atoms with Gasteiger partial charge in [-0.1, -0.05) is 0 Å². The number of hydrogen-bond donors (Lipinski definition) is 0. The molecule has 1 aromatic rings. The van der Waals surface area contributed by atoms with Crippen molar-refractivity contribution >= 4 is 19.7 Å². The van der Waals surface area contributed by atoms with Crippen molar-refractivity contribution in [3.8, 4) is 0 Å². The molecule has 0 atom stereocenters. The molecule has 0 fully saturated rings. The van der Waals surface area contributed by atoms with Crippen molar-refractivity contribution in [1.29, 1.82) is 0 Å². The molecule has 1 aromatic heterocycles. The van der Waals surface area contributed by atoms with Crippen LogP contribution in [-0.2, 0) is 19.7 Å². The van der Waals surface area contributed by atoms with Gasteiger partial charge < -0.3 is 5.21 Å². The van der Waals surface area contributed by atoms with E-state index in [-0.39, 0.29) is 4.85 Å². The Morgan fingerprint density at radius 3 is 2.00 bits per heavy atom. The van der Waals surface area contributed by atoms with Crippen molar-refractivity contribution in [3.63, 3.8) is 0 Å². The summed E-state index contributed by atoms with van der Waals surface area (Å²) < 4.78 is 44.0. The van der Waals surface area contributed by atoms with Crippen LogP contribution in [0.2, 0.25) is 0 Å². The number of rotatable bonds is 2. The Hall–Kier alpha value is -1.22. The second-order valence-corrected chi connectivity index (χ2v) is 6.85. The number of hydrogen-bond acceptors (Lipinski definition) is 6. The summed E-state index contributed by atoms with van der Waals surface area (Å²) in [7, 11) is -7.32. The Morgan fingerprint density at radius 2 is 1.67 bits per heavy atom. The van der Waals surface area contributed by atoms with Gasteiger partial charge >= 0.3 is 5.03 Å². The molecule has 7 nitrogen and oxygen atoms in total. The largest absolute Gasteiger partial charge is 0.593 e. The lowest BCUT2D eigenvalue weighted by Crippen LogP contribution is -2.38. The van der Waals surface area contributed by atoms with Crippen molar-refractivity contribution < 1.29 is 21.7 Å². The number of aromatic nitrogens is 2. The van der Waals surface area contributed by atoms with Gasteiger partial charge in [0.15, 0.2) is 9.84 Å². The Labute approximate surface area is 86.8 Å². The summed E-state index contributed by atoms with van der Waals surface area (Å²) in [5, 5.41) is 13.1. The van der Waals surface area contributed by atoms with Crippen LogP contribution >= 0.6 is 0 Å². The van der Waals surface area contributed by atoms with Crippen molar-refractivity contribution in [1.82, 2.24) is 5.10 Å². The lowest BCUT2D eigenvalue weighted by atomic mass is 10.6. The zero-order valence-corrected chi connectivity index (χ0v) is 9.54. The number of nitrogens with zero attached hydrogens (tertiary/aromatic N) is 2. The van der Waals surface area contributed by atoms with E-state index in [9.17, 15) is 22.0 Å². The van der Waals surface area contributed by atoms with Crippen molar-refractivity contribution in [3.05, 3.63) is 17.3 Å². The lowest BCUT2D eigenvalue weighted by Gasteiger charge is -2.00. The van der Waals surface area contributed by atoms with Gasteiger partial charge in [0.1, 0.15) is 0 Å². The van der Waals surface area contributed by atoms with E-state index >= 15 is 0 Å². The van der Waals surface area contributed by atoms with E-state index < -0.39 is 29.7 Å². The third kappa shape index (κ3) is 2.63. The molecule has 0 N–H and O–H groups in total. The summed E-state index contributed by atoms with van der Waals surface area (Å²) in [6.45, 7) is 0. The van der Waals surface area contributed by atoms with Crippen LogP contribution in [0.1, 0.15) is 0 Å². The van der Waals surface area contributed by atoms with E-state index in [1.807, 2.05) is 0 Å². The third-order valence-corrected chi connectivity index (χ3v) is 3.54. The first-order valence-electron chi connectivity index (χ1n) is 3.63. The summed E-state index contributed by atoms with van der Waals surface area (Å²) in [4.78, 5) is -0.217. The average molecular weight is 252 g/mol. The molecule has 0 saturated carbocycles. The van der Waals surface area contributed by atoms with Gasteiger partial charge in [-0.05, 0) is 10.9 Å². The predicted octanol–water partition coefficient (Wildman–Crippen LogP) is -1.48. The third-order valence-electron chi connectivity index (χ3n) is 1.51. The maximum absolute atomic E-state index is 11.1. The molecule has 1 rings (SSSR count). The monoisotopic (exact) mass is 252 g/mol. The molecule has 0 unspecified atom stereocenters. The molecule has 9 heteroatoms. The molecule has 0 radical (unpaired) electrons. The van der Waals surface area contributed by atoms with Gasteiger partial charge in [0.05, 0.1) is 0 Å². The highest BCUT2D eigenvalue weighted by Gasteiger charge is 2.22. The van der Waals surface area contributed by atoms with Gasteiger partial charge in [-0.15, -0.1) is 0 Å². The van der Waals surface area contributed by atoms with Gasteiger partial charge in [0, 0.05) is 23.7 Å². The van der Waals surface area contributed by atoms with Crippen LogP contribution < -0.4 is 4.85 Å². The Balaban J connectivity index is 3.47. The van der Waals surface area contributed by atoms with Gasteiger partial charge in [-0.3, -0.25) is 0 Å². The SMILES string of the molecule is CS(=O)(=O)c1ccc(S(C)(=O)=O)[n+]([O-])n1. The van der Waals surface area contributed by atoms with Crippen LogP contribution in [0.5, 0.6) is 0 Å². The molecule has 0 saturated heterocycles. The van der Waals surface area contributed by atoms with Crippen LogP contribution in [0.4, 0.5) is 0 Å². The highest BCUT2D eigenvalue weighted by molar-refractivity contribution is 7.91. The normalized spacial score (nSPS) is 12.7. The quantitative estimate of drug-likeness (QED) is 0.469. The molecule has 15 heavy (non-hydrogen) atoms. The molecule has 0 aliphatic rings. The maximum atomic E-state index is 11.1. The summed E-state index contributed by atoms with van der Waals surface area (Å²) in [5.74, 6) is 0. The summed E-state index contributed by atoms with van der Waals surface area (Å²) in [5.41, 5.74) is 0. The van der Waals surface area contributed by atoms with Crippen LogP contribution in [0, 0.1) is 5.21 Å². The first-order valence-corrected chi connectivity index (χ1v) is 7.41. The number of sulfone groups is 2. The van der Waals surface area contributed by atoms with E-state index in [0.29, 0.717) is 0 Å². The lowest BCUT2D eigenvalue weighted by molar-refractivity contribution is -0.711. The van der Waals surface area contributed by atoms with Crippen LogP contribution in [0.15, 0.2) is 22.2 Å². The van der Waals surface area contributed by atoms with Crippen molar-refractivity contribution in [2.75, 3.05) is 12.5 Å². The fourth-order valence-electron chi connectivity index (χ4n) is 0.842. The molecular weight excluding hydrogens is 244 g/mol. The maximum Gasteiger partial charge on any atom is 0.334 e. The van der Waals surface area contributed by atoms with Crippen LogP contribution in [0.25, 0.3) is 0 Å². The van der Waals surface area contributed by atoms with Crippen molar-refractivity contribution in [2.45, 2.75) is 10.1 Å². The summed E-state index contributed by atoms with van der Waals surface area (Å²) in [6.07, 6.45) is 1.70. The highest BCUT2D eigenvalue weighted by atomic mass is 32.2. The first-order chi connectivity index (χ1) is 6.62. The van der Waals surface area contributed by atoms with E-state index in [0.717, 1.165) is 24.6 Å². The molecule has 1 heterocycles. The molecule has 0 aromatic carbocycles.